The topological polar surface area (TPSA) is 119 Å². The zero-order chi connectivity index (χ0) is 27.7. The fraction of sp³-hybridized carbons (Fsp3) is 0.500. The molecular weight excluding hydrogens is 494 g/mol. The van der Waals surface area contributed by atoms with Gasteiger partial charge in [0.2, 0.25) is 0 Å². The third kappa shape index (κ3) is 5.27. The summed E-state index contributed by atoms with van der Waals surface area (Å²) in [6, 6.07) is 7.84. The molecule has 9 nitrogen and oxygen atoms in total. The maximum atomic E-state index is 13.4. The Labute approximate surface area is 228 Å². The molecule has 2 N–H and O–H groups in total. The van der Waals surface area contributed by atoms with Crippen LogP contribution in [0.2, 0.25) is 0 Å². The zero-order valence-corrected chi connectivity index (χ0v) is 23.2. The highest BCUT2D eigenvalue weighted by Crippen LogP contribution is 2.46. The Hall–Kier alpha value is -3.75. The first-order chi connectivity index (χ1) is 18.7. The van der Waals surface area contributed by atoms with Gasteiger partial charge in [-0.15, -0.1) is 5.10 Å². The monoisotopic (exact) mass is 531 g/mol. The number of benzene rings is 1. The van der Waals surface area contributed by atoms with Gasteiger partial charge in [-0.05, 0) is 75.1 Å². The lowest BCUT2D eigenvalue weighted by Gasteiger charge is -2.41. The normalized spacial score (nSPS) is 20.1. The molecule has 39 heavy (non-hydrogen) atoms. The molecule has 1 aromatic carbocycles. The number of fused-ring (bicyclic) bond motifs is 1. The molecule has 0 bridgehead atoms. The predicted molar refractivity (Wildman–Crippen MR) is 147 cm³/mol. The van der Waals surface area contributed by atoms with Crippen molar-refractivity contribution in [2.45, 2.75) is 84.2 Å². The molecule has 1 aliphatic carbocycles. The van der Waals surface area contributed by atoms with Crippen LogP contribution in [0, 0.1) is 19.8 Å². The molecule has 1 saturated carbocycles. The fourth-order valence-electron chi connectivity index (χ4n) is 6.24. The van der Waals surface area contributed by atoms with E-state index in [1.165, 1.54) is 0 Å². The third-order valence-electron chi connectivity index (χ3n) is 8.31. The third-order valence-corrected chi connectivity index (χ3v) is 8.31. The van der Waals surface area contributed by atoms with Crippen LogP contribution in [0.15, 0.2) is 35.6 Å². The van der Waals surface area contributed by atoms with Crippen molar-refractivity contribution in [3.05, 3.63) is 69.5 Å². The van der Waals surface area contributed by atoms with Crippen LogP contribution >= 0.6 is 0 Å². The number of ether oxygens (including phenoxy) is 1. The van der Waals surface area contributed by atoms with Crippen LogP contribution in [0.1, 0.15) is 84.1 Å². The van der Waals surface area contributed by atoms with Gasteiger partial charge < -0.3 is 15.2 Å². The van der Waals surface area contributed by atoms with Gasteiger partial charge in [0.15, 0.2) is 5.82 Å². The number of nitrogens with zero attached hydrogens (tertiary/aromatic N) is 4. The Balaban J connectivity index is 1.39. The number of aromatic nitrogens is 4. The van der Waals surface area contributed by atoms with Crippen molar-refractivity contribution in [1.82, 2.24) is 24.9 Å². The first kappa shape index (κ1) is 26.8. The minimum Gasteiger partial charge on any atom is -0.512 e. The second-order valence-electron chi connectivity index (χ2n) is 10.9. The van der Waals surface area contributed by atoms with Crippen LogP contribution in [0.25, 0.3) is 5.78 Å². The maximum Gasteiger partial charge on any atom is 0.338 e. The van der Waals surface area contributed by atoms with E-state index < -0.39 is 11.6 Å². The molecule has 1 atom stereocenters. The van der Waals surface area contributed by atoms with Crippen molar-refractivity contribution in [3.63, 3.8) is 0 Å². The van der Waals surface area contributed by atoms with Gasteiger partial charge in [0.1, 0.15) is 11.4 Å². The van der Waals surface area contributed by atoms with E-state index in [2.05, 4.69) is 26.4 Å². The van der Waals surface area contributed by atoms with E-state index in [9.17, 15) is 14.7 Å². The Morgan fingerprint density at radius 3 is 2.67 bits per heavy atom. The summed E-state index contributed by atoms with van der Waals surface area (Å²) in [7, 11) is 1.64. The smallest absolute Gasteiger partial charge is 0.338 e. The average molecular weight is 532 g/mol. The van der Waals surface area contributed by atoms with Gasteiger partial charge >= 0.3 is 5.97 Å². The van der Waals surface area contributed by atoms with Crippen molar-refractivity contribution in [1.29, 1.82) is 0 Å². The highest BCUT2D eigenvalue weighted by molar-refractivity contribution is 5.95. The molecule has 1 unspecified atom stereocenters. The molecule has 206 valence electrons. The summed E-state index contributed by atoms with van der Waals surface area (Å²) in [5.41, 5.74) is 3.97. The Kier molecular flexibility index (Phi) is 7.42. The van der Waals surface area contributed by atoms with E-state index in [0.29, 0.717) is 36.4 Å². The molecule has 9 heteroatoms. The van der Waals surface area contributed by atoms with Crippen LogP contribution < -0.4 is 5.32 Å². The molecule has 2 aromatic heterocycles. The Bertz CT molecular complexity index is 1450. The van der Waals surface area contributed by atoms with Gasteiger partial charge in [0.05, 0.1) is 5.57 Å². The lowest BCUT2D eigenvalue weighted by molar-refractivity contribution is -0.167. The minimum absolute atomic E-state index is 0.0714. The molecule has 5 rings (SSSR count). The minimum atomic E-state index is -0.755. The number of amides is 1. The number of cyclic esters (lactones) is 1. The summed E-state index contributed by atoms with van der Waals surface area (Å²) in [5, 5.41) is 18.4. The van der Waals surface area contributed by atoms with E-state index in [-0.39, 0.29) is 29.6 Å². The highest BCUT2D eigenvalue weighted by Gasteiger charge is 2.48. The van der Waals surface area contributed by atoms with Crippen molar-refractivity contribution >= 4 is 17.7 Å². The number of esters is 1. The number of hydrogen-bond donors (Lipinski definition) is 2. The van der Waals surface area contributed by atoms with Crippen LogP contribution in [0.4, 0.5) is 0 Å². The highest BCUT2D eigenvalue weighted by atomic mass is 16.6. The maximum absolute atomic E-state index is 13.4. The molecule has 2 aliphatic rings. The average Bonchev–Trinajstić information content (AvgIpc) is 3.60. The van der Waals surface area contributed by atoms with Gasteiger partial charge in [-0.25, -0.2) is 14.3 Å². The van der Waals surface area contributed by atoms with Gasteiger partial charge in [0, 0.05) is 36.8 Å². The first-order valence-corrected chi connectivity index (χ1v) is 13.9. The van der Waals surface area contributed by atoms with E-state index in [1.807, 2.05) is 39.0 Å². The summed E-state index contributed by atoms with van der Waals surface area (Å²) in [4.78, 5) is 34.6. The first-order valence-electron chi connectivity index (χ1n) is 13.9. The van der Waals surface area contributed by atoms with Gasteiger partial charge in [-0.1, -0.05) is 31.9 Å². The van der Waals surface area contributed by atoms with Gasteiger partial charge in [0.25, 0.3) is 11.7 Å². The molecule has 0 radical (unpaired) electrons. The summed E-state index contributed by atoms with van der Waals surface area (Å²) in [6.45, 7) is 5.86. The van der Waals surface area contributed by atoms with Crippen molar-refractivity contribution < 1.29 is 19.4 Å². The van der Waals surface area contributed by atoms with Crippen LogP contribution in [0.5, 0.6) is 0 Å². The van der Waals surface area contributed by atoms with E-state index >= 15 is 0 Å². The van der Waals surface area contributed by atoms with E-state index in [4.69, 9.17) is 4.74 Å². The molecule has 3 heterocycles. The van der Waals surface area contributed by atoms with E-state index in [1.54, 1.807) is 11.6 Å². The number of carbonyl (C=O) groups excluding carboxylic acids is 2. The molecule has 0 spiro atoms. The second-order valence-corrected chi connectivity index (χ2v) is 10.9. The number of rotatable bonds is 8. The molecule has 3 aromatic rings. The standard InChI is InChI=1S/C30H37N5O4/c1-5-21-15-20(10-11-23(21)27(37)31-4)12-13-30(22-8-6-7-9-22)17-25(36)24(28(38)39-30)16-26-33-29-32-18(2)14-19(3)35(29)34-26/h10-11,14-15,22,36H,5-9,12-13,16-17H2,1-4H3,(H,31,37). The molecule has 1 aliphatic heterocycles. The predicted octanol–water partition coefficient (Wildman–Crippen LogP) is 4.53. The Morgan fingerprint density at radius 2 is 1.97 bits per heavy atom. The molecular formula is C30H37N5O4. The Morgan fingerprint density at radius 1 is 1.21 bits per heavy atom. The quantitative estimate of drug-likeness (QED) is 0.410. The number of nitrogens with one attached hydrogen (secondary N) is 1. The summed E-state index contributed by atoms with van der Waals surface area (Å²) >= 11 is 0. The summed E-state index contributed by atoms with van der Waals surface area (Å²) in [5.74, 6) is 0.582. The van der Waals surface area contributed by atoms with Crippen LogP contribution in [-0.4, -0.2) is 49.2 Å². The SMILES string of the molecule is CCc1cc(CCC2(C3CCCC3)CC(O)=C(Cc3nc4nc(C)cc(C)n4n3)C(=O)O2)ccc1C(=O)NC. The molecule has 0 saturated heterocycles. The van der Waals surface area contributed by atoms with Crippen molar-refractivity contribution in [2.75, 3.05) is 7.05 Å². The summed E-state index contributed by atoms with van der Waals surface area (Å²) in [6.07, 6.45) is 6.57. The van der Waals surface area contributed by atoms with Gasteiger partial charge in [-0.2, -0.15) is 4.98 Å². The van der Waals surface area contributed by atoms with Crippen LogP contribution in [-0.2, 0) is 28.8 Å². The van der Waals surface area contributed by atoms with Crippen molar-refractivity contribution in [2.24, 2.45) is 5.92 Å². The molecule has 1 amide bonds. The largest absolute Gasteiger partial charge is 0.512 e. The molecule has 1 fully saturated rings. The fourth-order valence-corrected chi connectivity index (χ4v) is 6.24. The lowest BCUT2D eigenvalue weighted by Crippen LogP contribution is -2.46. The second kappa shape index (κ2) is 10.8. The van der Waals surface area contributed by atoms with Crippen LogP contribution in [0.3, 0.4) is 0 Å². The summed E-state index contributed by atoms with van der Waals surface area (Å²) < 4.78 is 7.94. The lowest BCUT2D eigenvalue weighted by atomic mass is 9.76. The van der Waals surface area contributed by atoms with Crippen molar-refractivity contribution in [3.8, 4) is 0 Å². The van der Waals surface area contributed by atoms with E-state index in [0.717, 1.165) is 54.6 Å². The van der Waals surface area contributed by atoms with Gasteiger partial charge in [-0.3, -0.25) is 4.79 Å². The number of hydrogen-bond acceptors (Lipinski definition) is 7. The number of aryl methyl sites for hydroxylation is 4. The number of carbonyl (C=O) groups is 2. The number of aliphatic hydroxyl groups excluding tert-OH is 1. The number of aliphatic hydroxyl groups is 1. The zero-order valence-electron chi connectivity index (χ0n) is 23.2.